The van der Waals surface area contributed by atoms with Crippen LogP contribution in [0.1, 0.15) is 29.1 Å². The number of benzene rings is 1. The Kier molecular flexibility index (Phi) is 6.12. The summed E-state index contributed by atoms with van der Waals surface area (Å²) >= 11 is 1.50. The van der Waals surface area contributed by atoms with Gasteiger partial charge in [-0.1, -0.05) is 11.8 Å². The minimum atomic E-state index is -1.03. The Morgan fingerprint density at radius 2 is 2.00 bits per heavy atom. The summed E-state index contributed by atoms with van der Waals surface area (Å²) in [5.74, 6) is 6.56. The SMILES string of the molecule is CC(C)(O)C#Cc1ccc(-c2nc3ccc(C(=O)N4CCN(CCO)CC4)cc3[nH]2)s1. The van der Waals surface area contributed by atoms with Gasteiger partial charge in [0.15, 0.2) is 0 Å². The molecule has 1 fully saturated rings. The Hall–Kier alpha value is -2.70. The molecule has 1 saturated heterocycles. The highest BCUT2D eigenvalue weighted by Crippen LogP contribution is 2.28. The third-order valence-electron chi connectivity index (χ3n) is 5.14. The lowest BCUT2D eigenvalue weighted by Gasteiger charge is -2.34. The predicted octanol–water partition coefficient (Wildman–Crippen LogP) is 2.16. The Bertz CT molecular complexity index is 1140. The maximum atomic E-state index is 12.9. The smallest absolute Gasteiger partial charge is 0.254 e. The van der Waals surface area contributed by atoms with Crippen LogP contribution in [-0.2, 0) is 0 Å². The van der Waals surface area contributed by atoms with Crippen LogP contribution in [0.4, 0.5) is 0 Å². The normalized spacial score (nSPS) is 15.2. The lowest BCUT2D eigenvalue weighted by Crippen LogP contribution is -2.49. The highest BCUT2D eigenvalue weighted by molar-refractivity contribution is 7.15. The molecular formula is C23H26N4O3S. The highest BCUT2D eigenvalue weighted by Gasteiger charge is 2.22. The fourth-order valence-corrected chi connectivity index (χ4v) is 4.31. The Morgan fingerprint density at radius 3 is 2.71 bits per heavy atom. The number of aromatic nitrogens is 2. The van der Waals surface area contributed by atoms with E-state index in [1.165, 1.54) is 11.3 Å². The summed E-state index contributed by atoms with van der Waals surface area (Å²) in [5, 5.41) is 18.8. The molecule has 3 N–H and O–H groups in total. The van der Waals surface area contributed by atoms with Crippen LogP contribution >= 0.6 is 11.3 Å². The number of nitrogens with one attached hydrogen (secondary N) is 1. The van der Waals surface area contributed by atoms with Gasteiger partial charge in [0.1, 0.15) is 11.4 Å². The molecule has 0 spiro atoms. The van der Waals surface area contributed by atoms with Gasteiger partial charge in [0.05, 0.1) is 27.4 Å². The van der Waals surface area contributed by atoms with E-state index in [1.54, 1.807) is 13.8 Å². The molecule has 3 aromatic rings. The minimum Gasteiger partial charge on any atom is -0.395 e. The number of piperazine rings is 1. The molecule has 162 valence electrons. The van der Waals surface area contributed by atoms with Crippen LogP contribution in [0, 0.1) is 11.8 Å². The third kappa shape index (κ3) is 5.14. The van der Waals surface area contributed by atoms with E-state index in [4.69, 9.17) is 5.11 Å². The number of β-amino-alcohol motifs (C(OH)–C–C–N with tert-alkyl or cyclic N) is 1. The second-order valence-electron chi connectivity index (χ2n) is 8.15. The number of rotatable bonds is 4. The van der Waals surface area contributed by atoms with E-state index in [0.717, 1.165) is 39.7 Å². The van der Waals surface area contributed by atoms with Crippen molar-refractivity contribution in [3.05, 3.63) is 40.8 Å². The highest BCUT2D eigenvalue weighted by atomic mass is 32.1. The molecule has 31 heavy (non-hydrogen) atoms. The summed E-state index contributed by atoms with van der Waals surface area (Å²) in [6.45, 7) is 6.98. The molecule has 3 heterocycles. The number of carbonyl (C=O) groups excluding carboxylic acids is 1. The molecule has 1 aliphatic heterocycles. The van der Waals surface area contributed by atoms with Crippen molar-refractivity contribution < 1.29 is 15.0 Å². The first-order valence-corrected chi connectivity index (χ1v) is 11.1. The molecule has 4 rings (SSSR count). The zero-order valence-electron chi connectivity index (χ0n) is 17.7. The minimum absolute atomic E-state index is 0.0157. The summed E-state index contributed by atoms with van der Waals surface area (Å²) in [6, 6.07) is 9.42. The van der Waals surface area contributed by atoms with Gasteiger partial charge in [-0.25, -0.2) is 4.98 Å². The van der Waals surface area contributed by atoms with Crippen LogP contribution in [-0.4, -0.2) is 80.8 Å². The molecule has 1 aliphatic rings. The van der Waals surface area contributed by atoms with Crippen LogP contribution in [0.15, 0.2) is 30.3 Å². The van der Waals surface area contributed by atoms with Crippen LogP contribution in [0.5, 0.6) is 0 Å². The van der Waals surface area contributed by atoms with Gasteiger partial charge in [-0.2, -0.15) is 0 Å². The number of nitrogens with zero attached hydrogens (tertiary/aromatic N) is 3. The predicted molar refractivity (Wildman–Crippen MR) is 122 cm³/mol. The molecule has 0 saturated carbocycles. The van der Waals surface area contributed by atoms with E-state index in [2.05, 4.69) is 26.7 Å². The third-order valence-corrected chi connectivity index (χ3v) is 6.14. The summed E-state index contributed by atoms with van der Waals surface area (Å²) in [5.41, 5.74) is 1.23. The molecule has 8 heteroatoms. The van der Waals surface area contributed by atoms with Crippen molar-refractivity contribution in [1.29, 1.82) is 0 Å². The molecular weight excluding hydrogens is 412 g/mol. The lowest BCUT2D eigenvalue weighted by molar-refractivity contribution is 0.0615. The average Bonchev–Trinajstić information content (AvgIpc) is 3.38. The Labute approximate surface area is 185 Å². The fourth-order valence-electron chi connectivity index (χ4n) is 3.50. The maximum Gasteiger partial charge on any atom is 0.254 e. The molecule has 0 bridgehead atoms. The maximum absolute atomic E-state index is 12.9. The second-order valence-corrected chi connectivity index (χ2v) is 9.23. The number of hydrogen-bond acceptors (Lipinski definition) is 6. The number of aromatic amines is 1. The lowest BCUT2D eigenvalue weighted by atomic mass is 10.1. The number of aliphatic hydroxyl groups is 2. The van der Waals surface area contributed by atoms with Gasteiger partial charge in [0, 0.05) is 38.3 Å². The summed E-state index contributed by atoms with van der Waals surface area (Å²) in [7, 11) is 0. The van der Waals surface area contributed by atoms with Crippen LogP contribution in [0.25, 0.3) is 21.7 Å². The Morgan fingerprint density at radius 1 is 1.23 bits per heavy atom. The quantitative estimate of drug-likeness (QED) is 0.543. The van der Waals surface area contributed by atoms with E-state index < -0.39 is 5.60 Å². The molecule has 0 atom stereocenters. The van der Waals surface area contributed by atoms with Crippen molar-refractivity contribution in [2.24, 2.45) is 0 Å². The van der Waals surface area contributed by atoms with Crippen molar-refractivity contribution in [1.82, 2.24) is 19.8 Å². The number of hydrogen-bond donors (Lipinski definition) is 3. The van der Waals surface area contributed by atoms with Gasteiger partial charge in [0.2, 0.25) is 0 Å². The summed E-state index contributed by atoms with van der Waals surface area (Å²) < 4.78 is 0. The van der Waals surface area contributed by atoms with Crippen molar-refractivity contribution >= 4 is 28.3 Å². The number of thiophene rings is 1. The molecule has 2 aromatic heterocycles. The van der Waals surface area contributed by atoms with E-state index in [0.29, 0.717) is 25.2 Å². The number of fused-ring (bicyclic) bond motifs is 1. The van der Waals surface area contributed by atoms with E-state index in [1.807, 2.05) is 35.2 Å². The first kappa shape index (κ1) is 21.5. The number of aliphatic hydroxyl groups excluding tert-OH is 1. The molecule has 7 nitrogen and oxygen atoms in total. The average molecular weight is 439 g/mol. The van der Waals surface area contributed by atoms with Crippen LogP contribution < -0.4 is 0 Å². The largest absolute Gasteiger partial charge is 0.395 e. The Balaban J connectivity index is 1.50. The van der Waals surface area contributed by atoms with Crippen molar-refractivity contribution in [2.75, 3.05) is 39.3 Å². The number of imidazole rings is 1. The van der Waals surface area contributed by atoms with Gasteiger partial charge in [-0.05, 0) is 44.2 Å². The van der Waals surface area contributed by atoms with Gasteiger partial charge >= 0.3 is 0 Å². The number of carbonyl (C=O) groups is 1. The van der Waals surface area contributed by atoms with Gasteiger partial charge in [-0.3, -0.25) is 9.69 Å². The van der Waals surface area contributed by atoms with Gasteiger partial charge < -0.3 is 20.1 Å². The molecule has 1 aromatic carbocycles. The summed E-state index contributed by atoms with van der Waals surface area (Å²) in [6.07, 6.45) is 0. The topological polar surface area (TPSA) is 92.7 Å². The van der Waals surface area contributed by atoms with E-state index >= 15 is 0 Å². The number of H-pyrrole nitrogens is 1. The van der Waals surface area contributed by atoms with Gasteiger partial charge in [-0.15, -0.1) is 11.3 Å². The van der Waals surface area contributed by atoms with Crippen molar-refractivity contribution in [2.45, 2.75) is 19.4 Å². The monoisotopic (exact) mass is 438 g/mol. The molecule has 0 aliphatic carbocycles. The first-order chi connectivity index (χ1) is 14.8. The van der Waals surface area contributed by atoms with Crippen LogP contribution in [0.2, 0.25) is 0 Å². The summed E-state index contributed by atoms with van der Waals surface area (Å²) in [4.78, 5) is 26.7. The first-order valence-electron chi connectivity index (χ1n) is 10.3. The van der Waals surface area contributed by atoms with Crippen molar-refractivity contribution in [3.63, 3.8) is 0 Å². The number of amides is 1. The molecule has 0 unspecified atom stereocenters. The van der Waals surface area contributed by atoms with E-state index in [-0.39, 0.29) is 12.5 Å². The second kappa shape index (κ2) is 8.81. The van der Waals surface area contributed by atoms with Gasteiger partial charge in [0.25, 0.3) is 5.91 Å². The van der Waals surface area contributed by atoms with E-state index in [9.17, 15) is 9.90 Å². The molecule has 0 radical (unpaired) electrons. The van der Waals surface area contributed by atoms with Crippen LogP contribution in [0.3, 0.4) is 0 Å². The zero-order chi connectivity index (χ0) is 22.0. The standard InChI is InChI=1S/C23H26N4O3S/c1-23(2,30)8-7-17-4-6-20(31-17)21-24-18-5-3-16(15-19(18)25-21)22(29)27-11-9-26(10-12-27)13-14-28/h3-6,15,28,30H,9-14H2,1-2H3,(H,24,25). The van der Waals surface area contributed by atoms with Crippen molar-refractivity contribution in [3.8, 4) is 22.5 Å². The molecule has 1 amide bonds. The zero-order valence-corrected chi connectivity index (χ0v) is 18.5. The fraction of sp³-hybridized carbons (Fsp3) is 0.391.